The fraction of sp³-hybridized carbons (Fsp3) is 0.684. The van der Waals surface area contributed by atoms with E-state index in [2.05, 4.69) is 26.5 Å². The maximum atomic E-state index is 12.4. The number of piperazine rings is 1. The number of nitrogens with one attached hydrogen (secondary N) is 2. The van der Waals surface area contributed by atoms with Gasteiger partial charge in [-0.25, -0.2) is 4.79 Å². The van der Waals surface area contributed by atoms with Gasteiger partial charge in [-0.05, 0) is 31.9 Å². The normalized spacial score (nSPS) is 21.0. The van der Waals surface area contributed by atoms with E-state index in [9.17, 15) is 9.59 Å². The lowest BCUT2D eigenvalue weighted by molar-refractivity contribution is -0.125. The van der Waals surface area contributed by atoms with Crippen LogP contribution < -0.4 is 10.6 Å². The Kier molecular flexibility index (Phi) is 7.52. The van der Waals surface area contributed by atoms with Crippen LogP contribution in [0.1, 0.15) is 43.9 Å². The van der Waals surface area contributed by atoms with Crippen molar-refractivity contribution in [3.63, 3.8) is 0 Å². The Bertz CT molecular complexity index is 639. The molecule has 0 unspecified atom stereocenters. The molecular weight excluding hydrogens is 384 g/mol. The predicted octanol–water partition coefficient (Wildman–Crippen LogP) is 3.07. The molecule has 1 aromatic heterocycles. The van der Waals surface area contributed by atoms with E-state index in [-0.39, 0.29) is 24.0 Å². The highest BCUT2D eigenvalue weighted by molar-refractivity contribution is 7.16. The number of halogens is 1. The van der Waals surface area contributed by atoms with Crippen molar-refractivity contribution in [2.24, 2.45) is 0 Å². The fourth-order valence-electron chi connectivity index (χ4n) is 3.82. The number of thiophene rings is 1. The SMILES string of the molecule is C[C@@H](C(=O)NC(=O)NC1CCCCC1)N1CCN(Cc2ccc(Cl)s2)CC1. The zero-order valence-corrected chi connectivity index (χ0v) is 17.5. The van der Waals surface area contributed by atoms with Crippen molar-refractivity contribution in [1.29, 1.82) is 0 Å². The average Bonchev–Trinajstić information content (AvgIpc) is 3.07. The minimum Gasteiger partial charge on any atom is -0.335 e. The van der Waals surface area contributed by atoms with Gasteiger partial charge in [0.25, 0.3) is 0 Å². The summed E-state index contributed by atoms with van der Waals surface area (Å²) in [7, 11) is 0. The zero-order valence-electron chi connectivity index (χ0n) is 15.9. The molecule has 3 amide bonds. The van der Waals surface area contributed by atoms with Gasteiger partial charge < -0.3 is 5.32 Å². The standard InChI is InChI=1S/C19H29ClN4O2S/c1-14(18(25)22-19(26)21-15-5-3-2-4-6-15)24-11-9-23(10-12-24)13-16-7-8-17(20)27-16/h7-8,14-15H,2-6,9-13H2,1H3,(H2,21,22,25,26)/t14-/m0/s1. The van der Waals surface area contributed by atoms with E-state index in [0.29, 0.717) is 0 Å². The summed E-state index contributed by atoms with van der Waals surface area (Å²) in [4.78, 5) is 30.3. The Morgan fingerprint density at radius 2 is 1.89 bits per heavy atom. The Labute approximate surface area is 170 Å². The lowest BCUT2D eigenvalue weighted by Gasteiger charge is -2.37. The highest BCUT2D eigenvalue weighted by Crippen LogP contribution is 2.23. The van der Waals surface area contributed by atoms with Crippen LogP contribution in [0.2, 0.25) is 4.34 Å². The maximum absolute atomic E-state index is 12.4. The summed E-state index contributed by atoms with van der Waals surface area (Å²) in [5.41, 5.74) is 0. The number of carbonyl (C=O) groups excluding carboxylic acids is 2. The third-order valence-corrected chi connectivity index (χ3v) is 6.74. The minimum atomic E-state index is -0.355. The molecule has 0 aromatic carbocycles. The van der Waals surface area contributed by atoms with Crippen molar-refractivity contribution < 1.29 is 9.59 Å². The molecule has 3 rings (SSSR count). The van der Waals surface area contributed by atoms with Gasteiger partial charge in [-0.3, -0.25) is 19.9 Å². The van der Waals surface area contributed by atoms with Gasteiger partial charge in [-0.2, -0.15) is 0 Å². The topological polar surface area (TPSA) is 64.7 Å². The second-order valence-corrected chi connectivity index (χ2v) is 9.29. The van der Waals surface area contributed by atoms with Crippen LogP contribution in [0.4, 0.5) is 4.79 Å². The highest BCUT2D eigenvalue weighted by atomic mass is 35.5. The van der Waals surface area contributed by atoms with Crippen LogP contribution in [0.5, 0.6) is 0 Å². The summed E-state index contributed by atoms with van der Waals surface area (Å²) >= 11 is 7.61. The molecule has 1 atom stereocenters. The van der Waals surface area contributed by atoms with Crippen molar-refractivity contribution in [3.05, 3.63) is 21.3 Å². The monoisotopic (exact) mass is 412 g/mol. The van der Waals surface area contributed by atoms with Crippen LogP contribution in [0.15, 0.2) is 12.1 Å². The lowest BCUT2D eigenvalue weighted by atomic mass is 9.96. The van der Waals surface area contributed by atoms with Crippen molar-refractivity contribution in [2.75, 3.05) is 26.2 Å². The largest absolute Gasteiger partial charge is 0.335 e. The van der Waals surface area contributed by atoms with E-state index in [0.717, 1.165) is 62.7 Å². The second-order valence-electron chi connectivity index (χ2n) is 7.49. The van der Waals surface area contributed by atoms with Crippen molar-refractivity contribution in [2.45, 2.75) is 57.7 Å². The van der Waals surface area contributed by atoms with Gasteiger partial charge in [-0.1, -0.05) is 30.9 Å². The van der Waals surface area contributed by atoms with E-state index in [1.165, 1.54) is 11.3 Å². The number of rotatable bonds is 5. The van der Waals surface area contributed by atoms with Crippen LogP contribution in [0, 0.1) is 0 Å². The quantitative estimate of drug-likeness (QED) is 0.780. The predicted molar refractivity (Wildman–Crippen MR) is 109 cm³/mol. The number of carbonyl (C=O) groups is 2. The molecule has 2 aliphatic rings. The molecule has 1 saturated carbocycles. The molecule has 1 aliphatic heterocycles. The van der Waals surface area contributed by atoms with Crippen LogP contribution in [-0.4, -0.2) is 60.0 Å². The maximum Gasteiger partial charge on any atom is 0.321 e. The minimum absolute atomic E-state index is 0.205. The van der Waals surface area contributed by atoms with Crippen molar-refractivity contribution >= 4 is 34.9 Å². The zero-order chi connectivity index (χ0) is 19.2. The molecule has 150 valence electrons. The van der Waals surface area contributed by atoms with Gasteiger partial charge in [0.05, 0.1) is 10.4 Å². The van der Waals surface area contributed by atoms with E-state index < -0.39 is 0 Å². The first-order chi connectivity index (χ1) is 13.0. The molecule has 0 bridgehead atoms. The first kappa shape index (κ1) is 20.6. The lowest BCUT2D eigenvalue weighted by Crippen LogP contribution is -2.55. The number of hydrogen-bond donors (Lipinski definition) is 2. The van der Waals surface area contributed by atoms with Gasteiger partial charge >= 0.3 is 6.03 Å². The molecule has 8 heteroatoms. The molecule has 6 nitrogen and oxygen atoms in total. The summed E-state index contributed by atoms with van der Waals surface area (Å²) < 4.78 is 0.820. The number of amides is 3. The Morgan fingerprint density at radius 3 is 2.52 bits per heavy atom. The molecule has 0 radical (unpaired) electrons. The van der Waals surface area contributed by atoms with Crippen LogP contribution in [-0.2, 0) is 11.3 Å². The summed E-state index contributed by atoms with van der Waals surface area (Å²) in [5, 5.41) is 5.46. The number of urea groups is 1. The first-order valence-electron chi connectivity index (χ1n) is 9.83. The van der Waals surface area contributed by atoms with Crippen LogP contribution in [0.3, 0.4) is 0 Å². The van der Waals surface area contributed by atoms with E-state index in [1.807, 2.05) is 13.0 Å². The van der Waals surface area contributed by atoms with Crippen molar-refractivity contribution in [1.82, 2.24) is 20.4 Å². The smallest absolute Gasteiger partial charge is 0.321 e. The number of imide groups is 1. The first-order valence-corrected chi connectivity index (χ1v) is 11.0. The fourth-order valence-corrected chi connectivity index (χ4v) is 4.95. The highest BCUT2D eigenvalue weighted by Gasteiger charge is 2.27. The summed E-state index contributed by atoms with van der Waals surface area (Å²) in [6.45, 7) is 6.21. The number of nitrogens with zero attached hydrogens (tertiary/aromatic N) is 2. The van der Waals surface area contributed by atoms with Crippen molar-refractivity contribution in [3.8, 4) is 0 Å². The Morgan fingerprint density at radius 1 is 1.19 bits per heavy atom. The second kappa shape index (κ2) is 9.87. The summed E-state index contributed by atoms with van der Waals surface area (Å²) in [6, 6.07) is 3.55. The molecule has 1 aromatic rings. The molecule has 1 aliphatic carbocycles. The summed E-state index contributed by atoms with van der Waals surface area (Å²) in [6.07, 6.45) is 5.55. The van der Waals surface area contributed by atoms with E-state index in [1.54, 1.807) is 11.3 Å². The van der Waals surface area contributed by atoms with Gasteiger partial charge in [-0.15, -0.1) is 11.3 Å². The van der Waals surface area contributed by atoms with Gasteiger partial charge in [0.15, 0.2) is 0 Å². The molecule has 0 spiro atoms. The van der Waals surface area contributed by atoms with E-state index in [4.69, 9.17) is 11.6 Å². The molecular formula is C19H29ClN4O2S. The third kappa shape index (κ3) is 6.17. The third-order valence-electron chi connectivity index (χ3n) is 5.52. The molecule has 2 N–H and O–H groups in total. The van der Waals surface area contributed by atoms with E-state index >= 15 is 0 Å². The van der Waals surface area contributed by atoms with Crippen LogP contribution in [0.25, 0.3) is 0 Å². The van der Waals surface area contributed by atoms with Gasteiger partial charge in [0, 0.05) is 43.6 Å². The summed E-state index contributed by atoms with van der Waals surface area (Å²) in [5.74, 6) is -0.221. The molecule has 1 saturated heterocycles. The molecule has 2 heterocycles. The van der Waals surface area contributed by atoms with Gasteiger partial charge in [0.1, 0.15) is 0 Å². The average molecular weight is 413 g/mol. The van der Waals surface area contributed by atoms with Crippen LogP contribution >= 0.6 is 22.9 Å². The Hall–Kier alpha value is -1.15. The Balaban J connectivity index is 1.39. The molecule has 27 heavy (non-hydrogen) atoms. The molecule has 2 fully saturated rings. The number of hydrogen-bond acceptors (Lipinski definition) is 5. The van der Waals surface area contributed by atoms with Gasteiger partial charge in [0.2, 0.25) is 5.91 Å².